The van der Waals surface area contributed by atoms with E-state index in [1.165, 1.54) is 0 Å². The minimum Gasteiger partial charge on any atom is -0.364 e. The van der Waals surface area contributed by atoms with Crippen LogP contribution in [0.2, 0.25) is 0 Å². The molecule has 1 amide bonds. The topological polar surface area (TPSA) is 55.4 Å². The van der Waals surface area contributed by atoms with Gasteiger partial charge in [-0.15, -0.1) is 0 Å². The Balaban J connectivity index is 2.88. The highest BCUT2D eigenvalue weighted by Gasteiger charge is 2.16. The van der Waals surface area contributed by atoms with E-state index in [9.17, 15) is 4.79 Å². The average Bonchev–Trinajstić information content (AvgIpc) is 2.10. The molecule has 1 aliphatic rings. The van der Waals surface area contributed by atoms with Crippen LogP contribution in [0, 0.1) is 0 Å². The predicted molar refractivity (Wildman–Crippen MR) is 45.2 cm³/mol. The summed E-state index contributed by atoms with van der Waals surface area (Å²) >= 11 is 0. The van der Waals surface area contributed by atoms with Crippen LogP contribution in [0.4, 0.5) is 0 Å². The molecule has 3 nitrogen and oxygen atoms in total. The molecule has 1 heterocycles. The second-order valence-electron chi connectivity index (χ2n) is 2.59. The van der Waals surface area contributed by atoms with Gasteiger partial charge in [0.1, 0.15) is 5.70 Å². The van der Waals surface area contributed by atoms with Crippen LogP contribution in [0.1, 0.15) is 0 Å². The Morgan fingerprint density at radius 1 is 1.70 bits per heavy atom. The lowest BCUT2D eigenvalue weighted by atomic mass is 10.5. The summed E-state index contributed by atoms with van der Waals surface area (Å²) in [5.74, 6) is -0.436. The van der Waals surface area contributed by atoms with Gasteiger partial charge in [-0.2, -0.15) is 10.0 Å². The lowest BCUT2D eigenvalue weighted by Crippen LogP contribution is -2.11. The fourth-order valence-corrected chi connectivity index (χ4v) is 1.86. The smallest absolute Gasteiger partial charge is 0.267 e. The van der Waals surface area contributed by atoms with E-state index in [2.05, 4.69) is 4.99 Å². The van der Waals surface area contributed by atoms with Crippen molar-refractivity contribution in [3.8, 4) is 0 Å². The molecule has 0 fully saturated rings. The van der Waals surface area contributed by atoms with Crippen molar-refractivity contribution in [3.63, 3.8) is 0 Å². The van der Waals surface area contributed by atoms with Crippen LogP contribution in [0.15, 0.2) is 16.1 Å². The molecule has 0 unspecified atom stereocenters. The van der Waals surface area contributed by atoms with Gasteiger partial charge in [-0.3, -0.25) is 4.79 Å². The number of hydrogen-bond acceptors (Lipinski definition) is 2. The molecule has 1 rings (SSSR count). The van der Waals surface area contributed by atoms with Gasteiger partial charge in [-0.1, -0.05) is 0 Å². The van der Waals surface area contributed by atoms with Crippen LogP contribution in [0.3, 0.4) is 0 Å². The molecule has 0 bridgehead atoms. The zero-order valence-electron chi connectivity index (χ0n) is 6.00. The van der Waals surface area contributed by atoms with E-state index in [1.807, 2.05) is 17.9 Å². The molecule has 0 aromatic rings. The van der Waals surface area contributed by atoms with E-state index in [4.69, 9.17) is 5.73 Å². The number of carbonyl (C=O) groups excluding carboxylic acids is 1. The van der Waals surface area contributed by atoms with Crippen molar-refractivity contribution < 1.29 is 4.79 Å². The Labute approximate surface area is 61.3 Å². The van der Waals surface area contributed by atoms with Crippen LogP contribution in [0.5, 0.6) is 0 Å². The van der Waals surface area contributed by atoms with E-state index < -0.39 is 15.9 Å². The molecule has 0 atom stereocenters. The van der Waals surface area contributed by atoms with E-state index in [1.54, 1.807) is 5.55 Å². The van der Waals surface area contributed by atoms with Crippen molar-refractivity contribution in [1.82, 2.24) is 0 Å². The Morgan fingerprint density at radius 2 is 2.30 bits per heavy atom. The molecule has 56 valence electrons. The average molecular weight is 158 g/mol. The van der Waals surface area contributed by atoms with Gasteiger partial charge >= 0.3 is 0 Å². The number of amides is 1. The summed E-state index contributed by atoms with van der Waals surface area (Å²) in [7, 11) is -0.895. The summed E-state index contributed by atoms with van der Waals surface area (Å²) in [6, 6.07) is 0. The molecule has 0 radical (unpaired) electrons. The predicted octanol–water partition coefficient (Wildman–Crippen LogP) is 0.419. The Morgan fingerprint density at radius 3 is 2.50 bits per heavy atom. The maximum absolute atomic E-state index is 10.5. The maximum atomic E-state index is 10.5. The van der Waals surface area contributed by atoms with Crippen LogP contribution < -0.4 is 5.73 Å². The number of aliphatic imine (C=N–C) groups is 1. The first kappa shape index (κ1) is 7.34. The normalized spacial score (nSPS) is 24.0. The van der Waals surface area contributed by atoms with Gasteiger partial charge in [0.25, 0.3) is 5.91 Å². The Hall–Kier alpha value is -0.770. The first-order chi connectivity index (χ1) is 4.51. The van der Waals surface area contributed by atoms with Gasteiger partial charge in [0.15, 0.2) is 0 Å². The molecule has 0 spiro atoms. The highest BCUT2D eigenvalue weighted by molar-refractivity contribution is 8.45. The van der Waals surface area contributed by atoms with Crippen molar-refractivity contribution in [2.24, 2.45) is 10.7 Å². The summed E-state index contributed by atoms with van der Waals surface area (Å²) in [5, 5.41) is 1.84. The number of hydrogen-bond donors (Lipinski definition) is 1. The van der Waals surface area contributed by atoms with Gasteiger partial charge in [0.2, 0.25) is 0 Å². The standard InChI is InChI=1S/C6H10N2OS/c1-10(2)3-5(6(7)9)8-4-10/h3-4H,1-2H3,(H2,7,9). The van der Waals surface area contributed by atoms with E-state index >= 15 is 0 Å². The van der Waals surface area contributed by atoms with Crippen LogP contribution in [0.25, 0.3) is 0 Å². The Kier molecular flexibility index (Phi) is 1.56. The summed E-state index contributed by atoms with van der Waals surface area (Å²) in [6.45, 7) is 0. The molecule has 2 N–H and O–H groups in total. The highest BCUT2D eigenvalue weighted by Crippen LogP contribution is 2.43. The number of nitrogens with two attached hydrogens (primary N) is 1. The second-order valence-corrected chi connectivity index (χ2v) is 6.01. The van der Waals surface area contributed by atoms with Crippen LogP contribution in [-0.2, 0) is 4.79 Å². The lowest BCUT2D eigenvalue weighted by Gasteiger charge is -2.14. The Bertz CT molecular complexity index is 230. The first-order valence-corrected chi connectivity index (χ1v) is 5.38. The van der Waals surface area contributed by atoms with E-state index in [-0.39, 0.29) is 0 Å². The minimum absolute atomic E-state index is 0.403. The van der Waals surface area contributed by atoms with Gasteiger partial charge in [-0.25, -0.2) is 4.99 Å². The molecular formula is C6H10N2OS. The summed E-state index contributed by atoms with van der Waals surface area (Å²) < 4.78 is 0. The maximum Gasteiger partial charge on any atom is 0.267 e. The summed E-state index contributed by atoms with van der Waals surface area (Å²) in [5.41, 5.74) is 7.21. The molecule has 0 saturated heterocycles. The molecule has 10 heavy (non-hydrogen) atoms. The minimum atomic E-state index is -0.895. The van der Waals surface area contributed by atoms with Gasteiger partial charge in [0.05, 0.1) is 0 Å². The molecule has 1 aliphatic heterocycles. The third-order valence-corrected chi connectivity index (χ3v) is 2.61. The van der Waals surface area contributed by atoms with Crippen LogP contribution in [-0.4, -0.2) is 24.0 Å². The second kappa shape index (κ2) is 2.12. The third-order valence-electron chi connectivity index (χ3n) is 1.13. The number of nitrogens with zero attached hydrogens (tertiary/aromatic N) is 1. The molecular weight excluding hydrogens is 148 g/mol. The third kappa shape index (κ3) is 1.39. The van der Waals surface area contributed by atoms with Crippen molar-refractivity contribution in [1.29, 1.82) is 0 Å². The largest absolute Gasteiger partial charge is 0.364 e. The molecule has 0 saturated carbocycles. The van der Waals surface area contributed by atoms with Crippen molar-refractivity contribution in [2.45, 2.75) is 0 Å². The van der Waals surface area contributed by atoms with Gasteiger partial charge in [-0.05, 0) is 17.9 Å². The van der Waals surface area contributed by atoms with Gasteiger partial charge < -0.3 is 5.73 Å². The lowest BCUT2D eigenvalue weighted by molar-refractivity contribution is -0.114. The highest BCUT2D eigenvalue weighted by atomic mass is 32.3. The monoisotopic (exact) mass is 158 g/mol. The summed E-state index contributed by atoms with van der Waals surface area (Å²) in [4.78, 5) is 14.4. The van der Waals surface area contributed by atoms with Crippen LogP contribution >= 0.6 is 10.0 Å². The molecule has 0 aliphatic carbocycles. The SMILES string of the molecule is CS1(C)C=NC(C(N)=O)=C1. The van der Waals surface area contributed by atoms with E-state index in [0.717, 1.165) is 0 Å². The molecule has 0 aromatic heterocycles. The van der Waals surface area contributed by atoms with Gasteiger partial charge in [0, 0.05) is 5.55 Å². The van der Waals surface area contributed by atoms with E-state index in [0.29, 0.717) is 5.70 Å². The number of carbonyl (C=O) groups is 1. The van der Waals surface area contributed by atoms with Crippen molar-refractivity contribution >= 4 is 21.5 Å². The fourth-order valence-electron chi connectivity index (χ4n) is 0.663. The number of rotatable bonds is 1. The fraction of sp³-hybridized carbons (Fsp3) is 0.333. The number of primary amides is 1. The van der Waals surface area contributed by atoms with Crippen molar-refractivity contribution in [3.05, 3.63) is 11.1 Å². The first-order valence-electron chi connectivity index (χ1n) is 2.80. The quantitative estimate of drug-likeness (QED) is 0.590. The van der Waals surface area contributed by atoms with Crippen molar-refractivity contribution in [2.75, 3.05) is 12.5 Å². The zero-order valence-corrected chi connectivity index (χ0v) is 6.81. The summed E-state index contributed by atoms with van der Waals surface area (Å²) in [6.07, 6.45) is 4.10. The molecule has 0 aromatic carbocycles. The zero-order chi connectivity index (χ0) is 7.78. The molecule has 4 heteroatoms.